The Morgan fingerprint density at radius 1 is 1.30 bits per heavy atom. The molecule has 118 valence electrons. The fourth-order valence-electron chi connectivity index (χ4n) is 1.86. The Bertz CT molecular complexity index is 787. The minimum atomic E-state index is -2.10. The van der Waals surface area contributed by atoms with Crippen molar-refractivity contribution in [2.24, 2.45) is 0 Å². The summed E-state index contributed by atoms with van der Waals surface area (Å²) in [4.78, 5) is 22.4. The summed E-state index contributed by atoms with van der Waals surface area (Å²) < 4.78 is 13.4. The van der Waals surface area contributed by atoms with E-state index in [-0.39, 0.29) is 16.3 Å². The van der Waals surface area contributed by atoms with Gasteiger partial charge in [0.2, 0.25) is 0 Å². The van der Waals surface area contributed by atoms with Crippen molar-refractivity contribution in [3.05, 3.63) is 62.9 Å². The molecule has 0 aliphatic carbocycles. The van der Waals surface area contributed by atoms with E-state index >= 15 is 0 Å². The van der Waals surface area contributed by atoms with Crippen molar-refractivity contribution >= 4 is 41.5 Å². The lowest BCUT2D eigenvalue weighted by Gasteiger charge is -2.09. The lowest BCUT2D eigenvalue weighted by Crippen LogP contribution is -2.33. The molecule has 0 saturated carbocycles. The molecule has 0 atom stereocenters. The molecule has 0 unspecified atom stereocenters. The molecule has 0 aliphatic heterocycles. The van der Waals surface area contributed by atoms with Crippen LogP contribution >= 0.6 is 11.6 Å². The summed E-state index contributed by atoms with van der Waals surface area (Å²) in [6, 6.07) is 6.78. The number of carbonyl (C=O) groups excluding carboxylic acids is 1. The molecule has 10 heteroatoms. The molecule has 2 aromatic carbocycles. The second-order valence-corrected chi connectivity index (χ2v) is 4.86. The summed E-state index contributed by atoms with van der Waals surface area (Å²) in [6.07, 6.45) is 0. The van der Waals surface area contributed by atoms with Gasteiger partial charge in [0.25, 0.3) is 11.6 Å². The Kier molecular flexibility index (Phi) is 4.94. The highest BCUT2D eigenvalue weighted by Crippen LogP contribution is 2.32. The molecule has 2 aromatic rings. The average molecular weight is 338 g/mol. The summed E-state index contributed by atoms with van der Waals surface area (Å²) in [7, 11) is -2.10. The largest absolute Gasteiger partial charge is 0.491 e. The summed E-state index contributed by atoms with van der Waals surface area (Å²) in [6.45, 7) is 0. The van der Waals surface area contributed by atoms with Crippen LogP contribution in [0.2, 0.25) is 5.02 Å². The van der Waals surface area contributed by atoms with Crippen LogP contribution in [-0.4, -0.2) is 28.0 Å². The van der Waals surface area contributed by atoms with Crippen LogP contribution in [0.3, 0.4) is 0 Å². The highest BCUT2D eigenvalue weighted by molar-refractivity contribution is 6.58. The first kappa shape index (κ1) is 16.9. The van der Waals surface area contributed by atoms with Crippen molar-refractivity contribution in [1.29, 1.82) is 0 Å². The lowest BCUT2D eigenvalue weighted by molar-refractivity contribution is -0.383. The summed E-state index contributed by atoms with van der Waals surface area (Å²) in [5.41, 5.74) is -1.23. The number of amides is 1. The van der Waals surface area contributed by atoms with Crippen molar-refractivity contribution in [3.63, 3.8) is 0 Å². The van der Waals surface area contributed by atoms with Crippen LogP contribution in [0.5, 0.6) is 0 Å². The van der Waals surface area contributed by atoms with Gasteiger partial charge in [-0.1, -0.05) is 17.7 Å². The summed E-state index contributed by atoms with van der Waals surface area (Å²) in [5, 5.41) is 31.2. The maximum absolute atomic E-state index is 13.4. The number of nitrogens with one attached hydrogen (secondary N) is 1. The number of nitro groups is 1. The molecule has 0 saturated heterocycles. The molecule has 0 heterocycles. The molecule has 3 N–H and O–H groups in total. The molecule has 0 bridgehead atoms. The van der Waals surface area contributed by atoms with E-state index in [9.17, 15) is 19.3 Å². The molecule has 0 aromatic heterocycles. The molecule has 1 amide bonds. The fourth-order valence-corrected chi connectivity index (χ4v) is 2.07. The van der Waals surface area contributed by atoms with Gasteiger partial charge in [-0.05, 0) is 24.3 Å². The number of hydrogen-bond donors (Lipinski definition) is 3. The first-order chi connectivity index (χ1) is 10.8. The quantitative estimate of drug-likeness (QED) is 0.442. The molecule has 0 aliphatic rings. The van der Waals surface area contributed by atoms with Crippen molar-refractivity contribution in [2.75, 3.05) is 5.32 Å². The van der Waals surface area contributed by atoms with E-state index < -0.39 is 34.9 Å². The fraction of sp³-hybridized carbons (Fsp3) is 0. The van der Waals surface area contributed by atoms with Crippen molar-refractivity contribution in [1.82, 2.24) is 0 Å². The normalized spacial score (nSPS) is 10.3. The van der Waals surface area contributed by atoms with Crippen LogP contribution in [0.4, 0.5) is 15.8 Å². The number of nitrogens with zero attached hydrogens (tertiary/aromatic N) is 1. The van der Waals surface area contributed by atoms with E-state index in [0.29, 0.717) is 0 Å². The summed E-state index contributed by atoms with van der Waals surface area (Å²) >= 11 is 5.85. The Hall–Kier alpha value is -2.49. The van der Waals surface area contributed by atoms with Gasteiger partial charge in [-0.2, -0.15) is 0 Å². The molecule has 0 fully saturated rings. The number of rotatable bonds is 4. The first-order valence-corrected chi connectivity index (χ1v) is 6.59. The maximum Gasteiger partial charge on any atom is 0.491 e. The van der Waals surface area contributed by atoms with Crippen molar-refractivity contribution in [2.45, 2.75) is 0 Å². The Balaban J connectivity index is 2.37. The minimum Gasteiger partial charge on any atom is -0.423 e. The predicted molar refractivity (Wildman–Crippen MR) is 82.3 cm³/mol. The summed E-state index contributed by atoms with van der Waals surface area (Å²) in [5.74, 6) is -1.72. The zero-order chi connectivity index (χ0) is 17.1. The highest BCUT2D eigenvalue weighted by Gasteiger charge is 2.22. The zero-order valence-corrected chi connectivity index (χ0v) is 12.1. The van der Waals surface area contributed by atoms with Gasteiger partial charge in [0.15, 0.2) is 0 Å². The molecule has 0 radical (unpaired) electrons. The van der Waals surface area contributed by atoms with Crippen LogP contribution in [-0.2, 0) is 0 Å². The SMILES string of the molecule is O=C(Nc1c(Cl)cccc1[N+](=O)[O-])c1ccc(F)c(B(O)O)c1. The number of hydrogen-bond acceptors (Lipinski definition) is 5. The van der Waals surface area contributed by atoms with Gasteiger partial charge in [0.1, 0.15) is 11.5 Å². The van der Waals surface area contributed by atoms with E-state index in [0.717, 1.165) is 24.3 Å². The minimum absolute atomic E-state index is 0.0444. The Labute approximate surface area is 134 Å². The van der Waals surface area contributed by atoms with E-state index in [2.05, 4.69) is 5.32 Å². The molecular formula is C13H9BClFN2O5. The van der Waals surface area contributed by atoms with Gasteiger partial charge in [0, 0.05) is 17.1 Å². The van der Waals surface area contributed by atoms with Gasteiger partial charge in [0.05, 0.1) is 9.95 Å². The Morgan fingerprint density at radius 3 is 2.61 bits per heavy atom. The second kappa shape index (κ2) is 6.74. The molecular weight excluding hydrogens is 329 g/mol. The third kappa shape index (κ3) is 3.65. The van der Waals surface area contributed by atoms with Crippen LogP contribution in [0.15, 0.2) is 36.4 Å². The van der Waals surface area contributed by atoms with Gasteiger partial charge in [-0.15, -0.1) is 0 Å². The van der Waals surface area contributed by atoms with Crippen molar-refractivity contribution < 1.29 is 24.2 Å². The van der Waals surface area contributed by atoms with E-state index in [1.165, 1.54) is 12.1 Å². The van der Waals surface area contributed by atoms with Crippen LogP contribution in [0.1, 0.15) is 10.4 Å². The standard InChI is InChI=1S/C13H9BClFN2O5/c15-9-2-1-3-11(18(22)23)12(9)17-13(19)7-4-5-10(16)8(6-7)14(20)21/h1-6,20-21H,(H,17,19). The number of anilines is 1. The van der Waals surface area contributed by atoms with Gasteiger partial charge in [-0.3, -0.25) is 14.9 Å². The maximum atomic E-state index is 13.4. The smallest absolute Gasteiger partial charge is 0.423 e. The molecule has 0 spiro atoms. The van der Waals surface area contributed by atoms with Gasteiger partial charge >= 0.3 is 7.12 Å². The Morgan fingerprint density at radius 2 is 2.00 bits per heavy atom. The number of para-hydroxylation sites is 1. The zero-order valence-electron chi connectivity index (χ0n) is 11.4. The first-order valence-electron chi connectivity index (χ1n) is 6.21. The van der Waals surface area contributed by atoms with Crippen LogP contribution < -0.4 is 10.8 Å². The topological polar surface area (TPSA) is 113 Å². The third-order valence-corrected chi connectivity index (χ3v) is 3.28. The number of halogens is 2. The van der Waals surface area contributed by atoms with E-state index in [1.807, 2.05) is 0 Å². The van der Waals surface area contributed by atoms with E-state index in [4.69, 9.17) is 21.6 Å². The predicted octanol–water partition coefficient (Wildman–Crippen LogP) is 1.32. The monoisotopic (exact) mass is 338 g/mol. The second-order valence-electron chi connectivity index (χ2n) is 4.46. The highest BCUT2D eigenvalue weighted by atomic mass is 35.5. The average Bonchev–Trinajstić information content (AvgIpc) is 2.49. The van der Waals surface area contributed by atoms with Gasteiger partial charge in [-0.25, -0.2) is 4.39 Å². The van der Waals surface area contributed by atoms with Gasteiger partial charge < -0.3 is 15.4 Å². The van der Waals surface area contributed by atoms with Crippen molar-refractivity contribution in [3.8, 4) is 0 Å². The van der Waals surface area contributed by atoms with Crippen LogP contribution in [0.25, 0.3) is 0 Å². The third-order valence-electron chi connectivity index (χ3n) is 2.96. The molecule has 2 rings (SSSR count). The van der Waals surface area contributed by atoms with E-state index in [1.54, 1.807) is 0 Å². The molecule has 23 heavy (non-hydrogen) atoms. The number of benzene rings is 2. The number of nitro benzene ring substituents is 1. The molecule has 7 nitrogen and oxygen atoms in total. The van der Waals surface area contributed by atoms with Crippen LogP contribution in [0, 0.1) is 15.9 Å². The lowest BCUT2D eigenvalue weighted by atomic mass is 9.79. The number of carbonyl (C=O) groups is 1.